The molecule has 0 aliphatic heterocycles. The molecule has 51 heavy (non-hydrogen) atoms. The van der Waals surface area contributed by atoms with E-state index in [9.17, 15) is 24.3 Å². The van der Waals surface area contributed by atoms with Gasteiger partial charge in [-0.15, -0.1) is 0 Å². The number of hydrogen-bond acceptors (Lipinski definition) is 8. The molecule has 12 heteroatoms. The summed E-state index contributed by atoms with van der Waals surface area (Å²) in [5.74, 6) is -1.79. The van der Waals surface area contributed by atoms with Crippen LogP contribution in [0.4, 0.5) is 9.59 Å². The fourth-order valence-electron chi connectivity index (χ4n) is 5.47. The molecule has 12 nitrogen and oxygen atoms in total. The van der Waals surface area contributed by atoms with Crippen LogP contribution in [0.3, 0.4) is 0 Å². The highest BCUT2D eigenvalue weighted by molar-refractivity contribution is 5.86. The Balaban J connectivity index is 1.63. The molecule has 0 fully saturated rings. The third-order valence-corrected chi connectivity index (χ3v) is 8.31. The van der Waals surface area contributed by atoms with E-state index in [1.165, 1.54) is 7.11 Å². The Kier molecular flexibility index (Phi) is 13.3. The van der Waals surface area contributed by atoms with E-state index in [1.54, 1.807) is 74.6 Å². The number of hydrazine groups is 1. The first kappa shape index (κ1) is 38.1. The molecule has 0 bridgehead atoms. The molecule has 0 spiro atoms. The van der Waals surface area contributed by atoms with Crippen molar-refractivity contribution in [1.29, 1.82) is 0 Å². The summed E-state index contributed by atoms with van der Waals surface area (Å²) in [6, 6.07) is 28.6. The maximum absolute atomic E-state index is 13.8. The Morgan fingerprint density at radius 3 is 1.94 bits per heavy atom. The quantitative estimate of drug-likeness (QED) is 0.114. The van der Waals surface area contributed by atoms with Crippen LogP contribution < -0.4 is 16.1 Å². The summed E-state index contributed by atoms with van der Waals surface area (Å²) in [7, 11) is 1.21. The number of carboxylic acid groups (broad SMARTS) is 1. The Bertz CT molecular complexity index is 1730. The summed E-state index contributed by atoms with van der Waals surface area (Å²) < 4.78 is 10.2. The lowest BCUT2D eigenvalue weighted by Crippen LogP contribution is -2.60. The number of ether oxygens (including phenoxy) is 2. The predicted octanol–water partition coefficient (Wildman–Crippen LogP) is 5.74. The van der Waals surface area contributed by atoms with Crippen molar-refractivity contribution in [3.63, 3.8) is 0 Å². The van der Waals surface area contributed by atoms with Crippen molar-refractivity contribution in [2.24, 2.45) is 5.41 Å². The Labute approximate surface area is 298 Å². The third kappa shape index (κ3) is 11.4. The van der Waals surface area contributed by atoms with Gasteiger partial charge in [-0.2, -0.15) is 0 Å². The molecule has 0 unspecified atom stereocenters. The van der Waals surface area contributed by atoms with Gasteiger partial charge in [-0.1, -0.05) is 106 Å². The van der Waals surface area contributed by atoms with Gasteiger partial charge in [-0.3, -0.25) is 15.2 Å². The summed E-state index contributed by atoms with van der Waals surface area (Å²) in [5.41, 5.74) is 4.57. The van der Waals surface area contributed by atoms with Crippen LogP contribution in [-0.4, -0.2) is 64.4 Å². The fraction of sp³-hybridized carbons (Fsp3) is 0.308. The van der Waals surface area contributed by atoms with Crippen LogP contribution in [0.1, 0.15) is 43.9 Å². The maximum atomic E-state index is 13.8. The molecule has 268 valence electrons. The summed E-state index contributed by atoms with van der Waals surface area (Å²) in [4.78, 5) is 56.4. The second-order valence-corrected chi connectivity index (χ2v) is 13.3. The number of carbonyl (C=O) groups excluding carboxylic acids is 3. The van der Waals surface area contributed by atoms with Gasteiger partial charge in [0.15, 0.2) is 0 Å². The van der Waals surface area contributed by atoms with E-state index >= 15 is 0 Å². The molecule has 2 atom stereocenters. The highest BCUT2D eigenvalue weighted by Gasteiger charge is 2.42. The Morgan fingerprint density at radius 1 is 0.784 bits per heavy atom. The minimum Gasteiger partial charge on any atom is -0.479 e. The molecular formula is C39H45N5O7. The van der Waals surface area contributed by atoms with Crippen LogP contribution in [0.15, 0.2) is 109 Å². The smallest absolute Gasteiger partial charge is 0.408 e. The first-order valence-corrected chi connectivity index (χ1v) is 16.5. The summed E-state index contributed by atoms with van der Waals surface area (Å²) in [6.07, 6.45) is 1.58. The van der Waals surface area contributed by atoms with E-state index in [1.807, 2.05) is 60.7 Å². The zero-order valence-corrected chi connectivity index (χ0v) is 29.3. The van der Waals surface area contributed by atoms with E-state index in [0.717, 1.165) is 22.3 Å². The second-order valence-electron chi connectivity index (χ2n) is 13.3. The number of carbonyl (C=O) groups is 4. The number of carboxylic acids is 1. The molecule has 0 saturated heterocycles. The largest absolute Gasteiger partial charge is 0.479 e. The number of hydrogen-bond donors (Lipinski definition) is 4. The number of pyridine rings is 1. The number of nitrogens with one attached hydrogen (secondary N) is 3. The minimum atomic E-state index is -1.82. The van der Waals surface area contributed by atoms with Gasteiger partial charge in [0.1, 0.15) is 18.2 Å². The lowest BCUT2D eigenvalue weighted by Gasteiger charge is -2.35. The molecule has 0 saturated carbocycles. The van der Waals surface area contributed by atoms with Gasteiger partial charge in [0.05, 0.1) is 7.11 Å². The van der Waals surface area contributed by atoms with Gasteiger partial charge >= 0.3 is 18.2 Å². The number of nitrogens with zero attached hydrogens (tertiary/aromatic N) is 2. The highest BCUT2D eigenvalue weighted by Crippen LogP contribution is 2.24. The standard InChI is InChI=1S/C39H45N5O7/c1-38(2,3)33(41-36(48)50-4)34(45)43-44(26-29-15-17-31(18-16-29)32-19-22-40-23-20-32)24-21-39(35(46)47,25-28-11-7-5-8-12-28)42-37(49)51-27-30-13-9-6-10-14-30/h5-20,22-23,33H,21,24-27H2,1-4H3,(H,41,48)(H,42,49)(H,43,45)(H,46,47)/t33-,39-/m1/s1. The zero-order chi connectivity index (χ0) is 36.9. The Morgan fingerprint density at radius 2 is 1.37 bits per heavy atom. The SMILES string of the molecule is COC(=O)N[C@H](C(=O)NN(CC[C@](Cc1ccccc1)(NC(=O)OCc1ccccc1)C(=O)O)Cc1ccc(-c2ccncc2)cc1)C(C)(C)C. The topological polar surface area (TPSA) is 159 Å². The van der Waals surface area contributed by atoms with Crippen molar-refractivity contribution >= 4 is 24.1 Å². The number of rotatable bonds is 15. The number of methoxy groups -OCH3 is 1. The predicted molar refractivity (Wildman–Crippen MR) is 192 cm³/mol. The number of alkyl carbamates (subject to hydrolysis) is 2. The molecule has 0 aliphatic carbocycles. The second kappa shape index (κ2) is 17.8. The van der Waals surface area contributed by atoms with Crippen molar-refractivity contribution in [2.75, 3.05) is 13.7 Å². The van der Waals surface area contributed by atoms with Gasteiger partial charge in [0, 0.05) is 31.9 Å². The van der Waals surface area contributed by atoms with Gasteiger partial charge in [0.2, 0.25) is 0 Å². The van der Waals surface area contributed by atoms with Crippen LogP contribution in [0, 0.1) is 5.41 Å². The third-order valence-electron chi connectivity index (χ3n) is 8.31. The number of aromatic nitrogens is 1. The minimum absolute atomic E-state index is 0.00890. The van der Waals surface area contributed by atoms with Crippen LogP contribution in [0.5, 0.6) is 0 Å². The number of amides is 3. The van der Waals surface area contributed by atoms with Crippen LogP contribution >= 0.6 is 0 Å². The molecule has 1 heterocycles. The van der Waals surface area contributed by atoms with Crippen LogP contribution in [0.25, 0.3) is 11.1 Å². The normalized spacial score (nSPS) is 13.0. The van der Waals surface area contributed by atoms with Crippen LogP contribution in [0.2, 0.25) is 0 Å². The lowest BCUT2D eigenvalue weighted by molar-refractivity contribution is -0.145. The molecule has 3 aromatic carbocycles. The molecule has 1 aromatic heterocycles. The Hall–Kier alpha value is -5.75. The molecule has 4 N–H and O–H groups in total. The van der Waals surface area contributed by atoms with E-state index in [4.69, 9.17) is 9.47 Å². The van der Waals surface area contributed by atoms with E-state index < -0.39 is 41.1 Å². The van der Waals surface area contributed by atoms with Crippen molar-refractivity contribution in [3.05, 3.63) is 126 Å². The molecule has 0 radical (unpaired) electrons. The lowest BCUT2D eigenvalue weighted by atomic mass is 9.86. The average molecular weight is 696 g/mol. The van der Waals surface area contributed by atoms with E-state index in [2.05, 4.69) is 21.0 Å². The molecular weight excluding hydrogens is 650 g/mol. The number of aliphatic carboxylic acids is 1. The fourth-order valence-corrected chi connectivity index (χ4v) is 5.47. The van der Waals surface area contributed by atoms with Crippen molar-refractivity contribution in [1.82, 2.24) is 26.1 Å². The first-order chi connectivity index (χ1) is 24.4. The van der Waals surface area contributed by atoms with E-state index in [0.29, 0.717) is 5.56 Å². The molecule has 0 aliphatic rings. The molecule has 3 amide bonds. The molecule has 4 aromatic rings. The van der Waals surface area contributed by atoms with Gasteiger partial charge in [-0.25, -0.2) is 19.4 Å². The number of benzene rings is 3. The van der Waals surface area contributed by atoms with Crippen molar-refractivity contribution < 1.29 is 33.8 Å². The van der Waals surface area contributed by atoms with Gasteiger partial charge < -0.3 is 25.2 Å². The maximum Gasteiger partial charge on any atom is 0.408 e. The van der Waals surface area contributed by atoms with Crippen molar-refractivity contribution in [3.8, 4) is 11.1 Å². The average Bonchev–Trinajstić information content (AvgIpc) is 3.12. The monoisotopic (exact) mass is 695 g/mol. The van der Waals surface area contributed by atoms with Gasteiger partial charge in [0.25, 0.3) is 5.91 Å². The highest BCUT2D eigenvalue weighted by atomic mass is 16.5. The molecule has 4 rings (SSSR count). The van der Waals surface area contributed by atoms with E-state index in [-0.39, 0.29) is 32.5 Å². The van der Waals surface area contributed by atoms with Gasteiger partial charge in [-0.05, 0) is 51.8 Å². The summed E-state index contributed by atoms with van der Waals surface area (Å²) in [6.45, 7) is 5.52. The first-order valence-electron chi connectivity index (χ1n) is 16.5. The van der Waals surface area contributed by atoms with Crippen LogP contribution in [-0.2, 0) is 38.6 Å². The van der Waals surface area contributed by atoms with Crippen molar-refractivity contribution in [2.45, 2.75) is 58.3 Å². The summed E-state index contributed by atoms with van der Waals surface area (Å²) in [5, 5.41) is 17.6. The zero-order valence-electron chi connectivity index (χ0n) is 29.3. The summed E-state index contributed by atoms with van der Waals surface area (Å²) >= 11 is 0.